The van der Waals surface area contributed by atoms with E-state index in [-0.39, 0.29) is 5.82 Å². The van der Waals surface area contributed by atoms with Crippen LogP contribution in [0.25, 0.3) is 0 Å². The Morgan fingerprint density at radius 1 is 1.24 bits per heavy atom. The second-order valence-electron chi connectivity index (χ2n) is 4.09. The summed E-state index contributed by atoms with van der Waals surface area (Å²) in [7, 11) is 0. The van der Waals surface area contributed by atoms with Gasteiger partial charge in [-0.25, -0.2) is 9.97 Å². The zero-order chi connectivity index (χ0) is 15.5. The van der Waals surface area contributed by atoms with E-state index in [4.69, 9.17) is 0 Å². The molecule has 2 aromatic heterocycles. The van der Waals surface area contributed by atoms with Crippen molar-refractivity contribution in [2.45, 2.75) is 13.3 Å². The van der Waals surface area contributed by atoms with Crippen molar-refractivity contribution in [3.05, 3.63) is 41.7 Å². The summed E-state index contributed by atoms with van der Waals surface area (Å²) in [6.45, 7) is 1.72. The van der Waals surface area contributed by atoms with Crippen LogP contribution in [0.5, 0.6) is 5.75 Å². The van der Waals surface area contributed by atoms with Crippen LogP contribution in [0.15, 0.2) is 30.6 Å². The molecule has 0 atom stereocenters. The maximum absolute atomic E-state index is 12.1. The Balaban J connectivity index is 2.20. The Morgan fingerprint density at radius 2 is 1.95 bits per heavy atom. The molecule has 0 aliphatic rings. The number of carbonyl (C=O) groups is 1. The van der Waals surface area contributed by atoms with Crippen molar-refractivity contribution in [2.24, 2.45) is 0 Å². The maximum Gasteiger partial charge on any atom is 0.573 e. The molecule has 0 saturated heterocycles. The van der Waals surface area contributed by atoms with Crippen LogP contribution in [-0.2, 0) is 0 Å². The number of ether oxygens (including phenoxy) is 1. The lowest BCUT2D eigenvalue weighted by atomic mass is 10.2. The van der Waals surface area contributed by atoms with Crippen LogP contribution in [0.3, 0.4) is 0 Å². The second-order valence-corrected chi connectivity index (χ2v) is 4.09. The van der Waals surface area contributed by atoms with Gasteiger partial charge in [-0.1, -0.05) is 0 Å². The van der Waals surface area contributed by atoms with E-state index in [0.717, 1.165) is 18.3 Å². The highest BCUT2D eigenvalue weighted by molar-refractivity contribution is 5.78. The lowest BCUT2D eigenvalue weighted by molar-refractivity contribution is -0.274. The molecular formula is C13H10F3N3O2. The number of nitrogens with one attached hydrogen (secondary N) is 1. The quantitative estimate of drug-likeness (QED) is 0.878. The van der Waals surface area contributed by atoms with E-state index in [2.05, 4.69) is 20.0 Å². The SMILES string of the molecule is Cc1cnc(Nc2cc(OC(F)(F)F)ccn2)cc1C=O. The largest absolute Gasteiger partial charge is 0.573 e. The number of hydrogen-bond donors (Lipinski definition) is 1. The van der Waals surface area contributed by atoms with Gasteiger partial charge in [-0.2, -0.15) is 0 Å². The standard InChI is InChI=1S/C13H10F3N3O2/c1-8-6-18-11(4-9(8)7-20)19-12-5-10(2-3-17-12)21-13(14,15)16/h2-7H,1H3,(H,17,18,19). The van der Waals surface area contributed by atoms with Crippen LogP contribution in [0.4, 0.5) is 24.8 Å². The Hall–Kier alpha value is -2.64. The fourth-order valence-electron chi connectivity index (χ4n) is 1.54. The number of halogens is 3. The van der Waals surface area contributed by atoms with Crippen LogP contribution < -0.4 is 10.1 Å². The molecule has 0 unspecified atom stereocenters. The smallest absolute Gasteiger partial charge is 0.406 e. The molecule has 5 nitrogen and oxygen atoms in total. The van der Waals surface area contributed by atoms with Crippen LogP contribution in [0.2, 0.25) is 0 Å². The highest BCUT2D eigenvalue weighted by atomic mass is 19.4. The van der Waals surface area contributed by atoms with Crippen molar-refractivity contribution in [3.8, 4) is 5.75 Å². The number of aryl methyl sites for hydroxylation is 1. The number of nitrogens with zero attached hydrogens (tertiary/aromatic N) is 2. The Bertz CT molecular complexity index is 659. The maximum atomic E-state index is 12.1. The topological polar surface area (TPSA) is 64.1 Å². The van der Waals surface area contributed by atoms with Crippen molar-refractivity contribution in [3.63, 3.8) is 0 Å². The van der Waals surface area contributed by atoms with Gasteiger partial charge in [-0.05, 0) is 24.6 Å². The molecule has 0 aliphatic carbocycles. The number of carbonyl (C=O) groups excluding carboxylic acids is 1. The first-order valence-corrected chi connectivity index (χ1v) is 5.78. The Labute approximate surface area is 117 Å². The highest BCUT2D eigenvalue weighted by Crippen LogP contribution is 2.25. The second kappa shape index (κ2) is 5.78. The van der Waals surface area contributed by atoms with E-state index < -0.39 is 12.1 Å². The van der Waals surface area contributed by atoms with Crippen molar-refractivity contribution >= 4 is 17.9 Å². The van der Waals surface area contributed by atoms with Gasteiger partial charge < -0.3 is 10.1 Å². The predicted molar refractivity (Wildman–Crippen MR) is 68.6 cm³/mol. The summed E-state index contributed by atoms with van der Waals surface area (Å²) in [5, 5.41) is 2.70. The van der Waals surface area contributed by atoms with Gasteiger partial charge in [0.15, 0.2) is 6.29 Å². The lowest BCUT2D eigenvalue weighted by Gasteiger charge is -2.10. The molecule has 0 aliphatic heterocycles. The third-order valence-electron chi connectivity index (χ3n) is 2.49. The summed E-state index contributed by atoms with van der Waals surface area (Å²) in [6.07, 6.45) is -1.47. The third kappa shape index (κ3) is 4.16. The van der Waals surface area contributed by atoms with Crippen LogP contribution in [0, 0.1) is 6.92 Å². The Morgan fingerprint density at radius 3 is 2.62 bits per heavy atom. The molecule has 2 rings (SSSR count). The Kier molecular flexibility index (Phi) is 4.06. The number of aromatic nitrogens is 2. The fourth-order valence-corrected chi connectivity index (χ4v) is 1.54. The van der Waals surface area contributed by atoms with E-state index >= 15 is 0 Å². The van der Waals surface area contributed by atoms with Crippen molar-refractivity contribution < 1.29 is 22.7 Å². The number of aldehydes is 1. The minimum atomic E-state index is -4.77. The number of alkyl halides is 3. The number of rotatable bonds is 4. The molecule has 0 aromatic carbocycles. The van der Waals surface area contributed by atoms with Gasteiger partial charge in [-0.3, -0.25) is 4.79 Å². The van der Waals surface area contributed by atoms with E-state index in [1.807, 2.05) is 0 Å². The molecular weight excluding hydrogens is 287 g/mol. The molecule has 1 N–H and O–H groups in total. The molecule has 2 heterocycles. The summed E-state index contributed by atoms with van der Waals surface area (Å²) in [6, 6.07) is 3.63. The first-order valence-electron chi connectivity index (χ1n) is 5.78. The van der Waals surface area contributed by atoms with Crippen LogP contribution in [-0.4, -0.2) is 22.6 Å². The number of anilines is 2. The minimum Gasteiger partial charge on any atom is -0.406 e. The molecule has 0 saturated carbocycles. The van der Waals surface area contributed by atoms with E-state index in [1.54, 1.807) is 6.92 Å². The van der Waals surface area contributed by atoms with Gasteiger partial charge in [0.1, 0.15) is 17.4 Å². The fraction of sp³-hybridized carbons (Fsp3) is 0.154. The van der Waals surface area contributed by atoms with Gasteiger partial charge in [-0.15, -0.1) is 13.2 Å². The number of hydrogen-bond acceptors (Lipinski definition) is 5. The molecule has 21 heavy (non-hydrogen) atoms. The van der Waals surface area contributed by atoms with Gasteiger partial charge >= 0.3 is 6.36 Å². The average molecular weight is 297 g/mol. The first kappa shape index (κ1) is 14.8. The van der Waals surface area contributed by atoms with Gasteiger partial charge in [0.2, 0.25) is 0 Å². The third-order valence-corrected chi connectivity index (χ3v) is 2.49. The highest BCUT2D eigenvalue weighted by Gasteiger charge is 2.31. The summed E-state index contributed by atoms with van der Waals surface area (Å²) < 4.78 is 40.2. The molecule has 2 aromatic rings. The molecule has 0 amide bonds. The van der Waals surface area contributed by atoms with Crippen LogP contribution in [0.1, 0.15) is 15.9 Å². The van der Waals surface area contributed by atoms with Crippen molar-refractivity contribution in [2.75, 3.05) is 5.32 Å². The van der Waals surface area contributed by atoms with E-state index in [9.17, 15) is 18.0 Å². The van der Waals surface area contributed by atoms with Gasteiger partial charge in [0.05, 0.1) is 0 Å². The van der Waals surface area contributed by atoms with Gasteiger partial charge in [0.25, 0.3) is 0 Å². The monoisotopic (exact) mass is 297 g/mol. The molecule has 0 spiro atoms. The van der Waals surface area contributed by atoms with Crippen LogP contribution >= 0.6 is 0 Å². The molecule has 0 radical (unpaired) electrons. The lowest BCUT2D eigenvalue weighted by Crippen LogP contribution is -2.17. The summed E-state index contributed by atoms with van der Waals surface area (Å²) in [5.74, 6) is 0.00651. The summed E-state index contributed by atoms with van der Waals surface area (Å²) in [4.78, 5) is 18.7. The van der Waals surface area contributed by atoms with Crippen molar-refractivity contribution in [1.29, 1.82) is 0 Å². The average Bonchev–Trinajstić information content (AvgIpc) is 2.39. The summed E-state index contributed by atoms with van der Waals surface area (Å²) in [5.41, 5.74) is 1.12. The normalized spacial score (nSPS) is 11.0. The first-order chi connectivity index (χ1) is 9.87. The zero-order valence-electron chi connectivity index (χ0n) is 10.8. The molecule has 8 heteroatoms. The van der Waals surface area contributed by atoms with E-state index in [0.29, 0.717) is 23.2 Å². The number of pyridine rings is 2. The van der Waals surface area contributed by atoms with Crippen molar-refractivity contribution in [1.82, 2.24) is 9.97 Å². The molecule has 0 bridgehead atoms. The summed E-state index contributed by atoms with van der Waals surface area (Å²) >= 11 is 0. The zero-order valence-corrected chi connectivity index (χ0v) is 10.8. The van der Waals surface area contributed by atoms with E-state index in [1.165, 1.54) is 12.3 Å². The van der Waals surface area contributed by atoms with Gasteiger partial charge in [0, 0.05) is 24.0 Å². The minimum absolute atomic E-state index is 0.116. The predicted octanol–water partition coefficient (Wildman–Crippen LogP) is 3.24. The molecule has 110 valence electrons. The molecule has 0 fully saturated rings.